The number of thiophene rings is 2. The van der Waals surface area contributed by atoms with E-state index in [-0.39, 0.29) is 11.7 Å². The molecule has 0 saturated heterocycles. The maximum atomic E-state index is 11.9. The number of rotatable bonds is 7. The van der Waals surface area contributed by atoms with Crippen LogP contribution in [-0.2, 0) is 4.79 Å². The molecule has 0 aliphatic carbocycles. The number of H-pyrrole nitrogens is 1. The Hall–Kier alpha value is -2.36. The van der Waals surface area contributed by atoms with Gasteiger partial charge in [-0.3, -0.25) is 10.1 Å². The van der Waals surface area contributed by atoms with E-state index in [0.29, 0.717) is 11.7 Å². The standard InChI is InChI=1S/C17H16N4O2S3/c1-2-7-18-16(23)19-13(22)10-26-17-20-14(11-5-3-8-24-11)15(21-17)12-6-4-9-25-12/h2-6,8-9H,1,7,10H2,(H,20,21)(H2,18,19,22,23). The maximum absolute atomic E-state index is 11.9. The van der Waals surface area contributed by atoms with Gasteiger partial charge in [0.2, 0.25) is 5.91 Å². The summed E-state index contributed by atoms with van der Waals surface area (Å²) in [7, 11) is 0. The Morgan fingerprint density at radius 2 is 1.96 bits per heavy atom. The largest absolute Gasteiger partial charge is 0.334 e. The first kappa shape index (κ1) is 18.4. The van der Waals surface area contributed by atoms with Gasteiger partial charge in [0, 0.05) is 6.54 Å². The number of thioether (sulfide) groups is 1. The van der Waals surface area contributed by atoms with E-state index in [1.807, 2.05) is 35.0 Å². The lowest BCUT2D eigenvalue weighted by Crippen LogP contribution is -2.40. The Morgan fingerprint density at radius 1 is 1.23 bits per heavy atom. The SMILES string of the molecule is C=CCNC(=O)NC(=O)CSc1nc(-c2cccs2)c(-c2cccs2)[nH]1. The predicted octanol–water partition coefficient (Wildman–Crippen LogP) is 3.97. The van der Waals surface area contributed by atoms with Crippen molar-refractivity contribution in [3.63, 3.8) is 0 Å². The van der Waals surface area contributed by atoms with E-state index in [0.717, 1.165) is 21.1 Å². The van der Waals surface area contributed by atoms with Crippen molar-refractivity contribution < 1.29 is 9.59 Å². The Kier molecular flexibility index (Phi) is 6.26. The van der Waals surface area contributed by atoms with Gasteiger partial charge in [-0.1, -0.05) is 30.0 Å². The van der Waals surface area contributed by atoms with Crippen LogP contribution in [0.5, 0.6) is 0 Å². The van der Waals surface area contributed by atoms with E-state index in [4.69, 9.17) is 0 Å². The van der Waals surface area contributed by atoms with Crippen molar-refractivity contribution in [1.82, 2.24) is 20.6 Å². The Morgan fingerprint density at radius 3 is 2.62 bits per heavy atom. The van der Waals surface area contributed by atoms with Crippen LogP contribution in [0.1, 0.15) is 0 Å². The van der Waals surface area contributed by atoms with Gasteiger partial charge in [-0.05, 0) is 22.9 Å². The van der Waals surface area contributed by atoms with E-state index in [2.05, 4.69) is 27.2 Å². The number of urea groups is 1. The molecule has 3 heterocycles. The minimum Gasteiger partial charge on any atom is -0.334 e. The quantitative estimate of drug-likeness (QED) is 0.411. The van der Waals surface area contributed by atoms with E-state index in [1.54, 1.807) is 28.7 Å². The first-order chi connectivity index (χ1) is 12.7. The van der Waals surface area contributed by atoms with Crippen molar-refractivity contribution >= 4 is 46.4 Å². The van der Waals surface area contributed by atoms with Crippen molar-refractivity contribution in [1.29, 1.82) is 0 Å². The zero-order valence-electron chi connectivity index (χ0n) is 13.7. The summed E-state index contributed by atoms with van der Waals surface area (Å²) in [6.07, 6.45) is 1.54. The number of aromatic amines is 1. The average Bonchev–Trinajstić information content (AvgIpc) is 3.38. The molecule has 0 unspecified atom stereocenters. The van der Waals surface area contributed by atoms with Crippen molar-refractivity contribution in [2.75, 3.05) is 12.3 Å². The number of carbonyl (C=O) groups is 2. The van der Waals surface area contributed by atoms with Gasteiger partial charge in [0.1, 0.15) is 5.69 Å². The van der Waals surface area contributed by atoms with Gasteiger partial charge in [-0.15, -0.1) is 29.3 Å². The van der Waals surface area contributed by atoms with Crippen molar-refractivity contribution in [2.45, 2.75) is 5.16 Å². The number of hydrogen-bond acceptors (Lipinski definition) is 6. The molecule has 0 fully saturated rings. The summed E-state index contributed by atoms with van der Waals surface area (Å²) >= 11 is 4.49. The number of nitrogens with one attached hydrogen (secondary N) is 3. The molecule has 9 heteroatoms. The molecule has 0 saturated carbocycles. The number of hydrogen-bond donors (Lipinski definition) is 3. The fourth-order valence-electron chi connectivity index (χ4n) is 2.12. The topological polar surface area (TPSA) is 86.9 Å². The zero-order valence-corrected chi connectivity index (χ0v) is 16.1. The van der Waals surface area contributed by atoms with Gasteiger partial charge in [-0.25, -0.2) is 9.78 Å². The van der Waals surface area contributed by atoms with Crippen LogP contribution in [0.25, 0.3) is 21.1 Å². The number of imidazole rings is 1. The molecular weight excluding hydrogens is 388 g/mol. The van der Waals surface area contributed by atoms with Crippen LogP contribution in [0, 0.1) is 0 Å². The third kappa shape index (κ3) is 4.63. The molecule has 3 amide bonds. The summed E-state index contributed by atoms with van der Waals surface area (Å²) in [5.74, 6) is -0.300. The minimum atomic E-state index is -0.534. The van der Waals surface area contributed by atoms with Crippen LogP contribution < -0.4 is 10.6 Å². The Labute approximate surface area is 162 Å². The molecule has 3 N–H and O–H groups in total. The van der Waals surface area contributed by atoms with Crippen LogP contribution in [0.3, 0.4) is 0 Å². The summed E-state index contributed by atoms with van der Waals surface area (Å²) in [4.78, 5) is 33.4. The molecule has 0 radical (unpaired) electrons. The molecule has 0 aromatic carbocycles. The highest BCUT2D eigenvalue weighted by molar-refractivity contribution is 7.99. The first-order valence-corrected chi connectivity index (χ1v) is 10.4. The summed E-state index contributed by atoms with van der Waals surface area (Å²) in [5.41, 5.74) is 1.81. The van der Waals surface area contributed by atoms with Crippen LogP contribution in [0.2, 0.25) is 0 Å². The highest BCUT2D eigenvalue weighted by Gasteiger charge is 2.17. The number of aromatic nitrogens is 2. The minimum absolute atomic E-state index is 0.0861. The van der Waals surface area contributed by atoms with Crippen molar-refractivity contribution in [2.24, 2.45) is 0 Å². The molecule has 3 aromatic heterocycles. The number of amides is 3. The Balaban J connectivity index is 1.69. The molecule has 134 valence electrons. The van der Waals surface area contributed by atoms with Crippen LogP contribution in [0.4, 0.5) is 4.79 Å². The fraction of sp³-hybridized carbons (Fsp3) is 0.118. The second-order valence-corrected chi connectivity index (χ2v) is 7.92. The maximum Gasteiger partial charge on any atom is 0.321 e. The molecule has 0 spiro atoms. The third-order valence-electron chi connectivity index (χ3n) is 3.20. The van der Waals surface area contributed by atoms with Crippen LogP contribution >= 0.6 is 34.4 Å². The van der Waals surface area contributed by atoms with E-state index < -0.39 is 6.03 Å². The number of imide groups is 1. The predicted molar refractivity (Wildman–Crippen MR) is 108 cm³/mol. The normalized spacial score (nSPS) is 10.5. The lowest BCUT2D eigenvalue weighted by molar-refractivity contribution is -0.117. The highest BCUT2D eigenvalue weighted by atomic mass is 32.2. The van der Waals surface area contributed by atoms with E-state index in [9.17, 15) is 9.59 Å². The lowest BCUT2D eigenvalue weighted by atomic mass is 10.2. The zero-order chi connectivity index (χ0) is 18.4. The molecule has 6 nitrogen and oxygen atoms in total. The monoisotopic (exact) mass is 404 g/mol. The molecule has 26 heavy (non-hydrogen) atoms. The highest BCUT2D eigenvalue weighted by Crippen LogP contribution is 2.36. The van der Waals surface area contributed by atoms with Gasteiger partial charge in [-0.2, -0.15) is 0 Å². The molecule has 0 aliphatic rings. The van der Waals surface area contributed by atoms with Crippen molar-refractivity contribution in [3.05, 3.63) is 47.7 Å². The summed E-state index contributed by atoms with van der Waals surface area (Å²) in [6, 6.07) is 7.48. The Bertz CT molecular complexity index is 834. The molecule has 3 rings (SSSR count). The van der Waals surface area contributed by atoms with Crippen molar-refractivity contribution in [3.8, 4) is 21.1 Å². The lowest BCUT2D eigenvalue weighted by Gasteiger charge is -2.03. The summed E-state index contributed by atoms with van der Waals surface area (Å²) < 4.78 is 0. The number of carbonyl (C=O) groups excluding carboxylic acids is 2. The fourth-order valence-corrected chi connectivity index (χ4v) is 4.23. The first-order valence-electron chi connectivity index (χ1n) is 7.66. The smallest absolute Gasteiger partial charge is 0.321 e. The van der Waals surface area contributed by atoms with Gasteiger partial charge < -0.3 is 10.3 Å². The molecule has 0 bridgehead atoms. The van der Waals surface area contributed by atoms with Gasteiger partial charge in [0.05, 0.1) is 21.2 Å². The average molecular weight is 405 g/mol. The summed E-state index contributed by atoms with van der Waals surface area (Å²) in [6.45, 7) is 3.80. The van der Waals surface area contributed by atoms with Gasteiger partial charge in [0.25, 0.3) is 0 Å². The summed E-state index contributed by atoms with van der Waals surface area (Å²) in [5, 5.41) is 9.41. The third-order valence-corrected chi connectivity index (χ3v) is 5.84. The second kappa shape index (κ2) is 8.84. The van der Waals surface area contributed by atoms with Crippen LogP contribution in [0.15, 0.2) is 52.8 Å². The molecule has 0 atom stereocenters. The molecule has 3 aromatic rings. The van der Waals surface area contributed by atoms with Gasteiger partial charge in [0.15, 0.2) is 5.16 Å². The molecule has 0 aliphatic heterocycles. The number of nitrogens with zero attached hydrogens (tertiary/aromatic N) is 1. The second-order valence-electron chi connectivity index (χ2n) is 5.06. The molecular formula is C17H16N4O2S3. The van der Waals surface area contributed by atoms with Gasteiger partial charge >= 0.3 is 6.03 Å². The van der Waals surface area contributed by atoms with Crippen LogP contribution in [-0.4, -0.2) is 34.2 Å². The van der Waals surface area contributed by atoms with E-state index >= 15 is 0 Å². The van der Waals surface area contributed by atoms with E-state index in [1.165, 1.54) is 11.8 Å².